The van der Waals surface area contributed by atoms with Crippen LogP contribution in [0, 0.1) is 0 Å². The van der Waals surface area contributed by atoms with E-state index in [4.69, 9.17) is 9.84 Å². The van der Waals surface area contributed by atoms with Gasteiger partial charge in [0.1, 0.15) is 0 Å². The minimum absolute atomic E-state index is 0. The number of aliphatic hydroxyl groups is 1. The molecular formula is C5H15NO3. The van der Waals surface area contributed by atoms with Crippen LogP contribution in [-0.2, 0) is 9.47 Å². The average molecular weight is 137 g/mol. The van der Waals surface area contributed by atoms with Gasteiger partial charge in [-0.05, 0) is 0 Å². The average Bonchev–Trinajstić information content (AvgIpc) is 1.81. The molecule has 0 fully saturated rings. The first-order chi connectivity index (χ1) is 3.91. The maximum atomic E-state index is 8.20. The molecule has 0 aliphatic carbocycles. The molecule has 58 valence electrons. The summed E-state index contributed by atoms with van der Waals surface area (Å²) in [6.45, 7) is 1.66. The standard InChI is InChI=1S/C5H12O3.H3N/c1-7-4-5-8-3-2-6;/h6H,2-5H2,1H3;1H3. The first-order valence-corrected chi connectivity index (χ1v) is 2.59. The third-order valence-corrected chi connectivity index (χ3v) is 0.667. The summed E-state index contributed by atoms with van der Waals surface area (Å²) in [5, 5.41) is 8.20. The van der Waals surface area contributed by atoms with Crippen molar-refractivity contribution in [1.29, 1.82) is 0 Å². The van der Waals surface area contributed by atoms with Crippen LogP contribution in [0.3, 0.4) is 0 Å². The van der Waals surface area contributed by atoms with Crippen LogP contribution in [0.25, 0.3) is 0 Å². The molecule has 4 nitrogen and oxygen atoms in total. The Kier molecular flexibility index (Phi) is 13.9. The third-order valence-electron chi connectivity index (χ3n) is 0.667. The Morgan fingerprint density at radius 3 is 2.33 bits per heavy atom. The van der Waals surface area contributed by atoms with E-state index >= 15 is 0 Å². The van der Waals surface area contributed by atoms with Crippen molar-refractivity contribution in [2.24, 2.45) is 0 Å². The number of hydrogen-bond donors (Lipinski definition) is 2. The number of rotatable bonds is 5. The van der Waals surface area contributed by atoms with E-state index in [2.05, 4.69) is 4.74 Å². The summed E-state index contributed by atoms with van der Waals surface area (Å²) >= 11 is 0. The van der Waals surface area contributed by atoms with E-state index in [1.807, 2.05) is 0 Å². The fraction of sp³-hybridized carbons (Fsp3) is 1.00. The zero-order valence-electron chi connectivity index (χ0n) is 5.80. The van der Waals surface area contributed by atoms with Gasteiger partial charge in [0, 0.05) is 7.11 Å². The lowest BCUT2D eigenvalue weighted by Gasteiger charge is -1.98. The predicted octanol–water partition coefficient (Wildman–Crippen LogP) is -0.196. The molecule has 0 heterocycles. The first kappa shape index (κ1) is 11.6. The smallest absolute Gasteiger partial charge is 0.0701 e. The zero-order valence-corrected chi connectivity index (χ0v) is 5.80. The van der Waals surface area contributed by atoms with E-state index in [0.29, 0.717) is 19.8 Å². The molecule has 0 spiro atoms. The summed E-state index contributed by atoms with van der Waals surface area (Å²) in [7, 11) is 1.61. The maximum Gasteiger partial charge on any atom is 0.0701 e. The highest BCUT2D eigenvalue weighted by Crippen LogP contribution is 1.72. The molecule has 0 aromatic rings. The molecule has 0 aromatic carbocycles. The quantitative estimate of drug-likeness (QED) is 0.515. The number of methoxy groups -OCH3 is 1. The molecule has 0 rings (SSSR count). The van der Waals surface area contributed by atoms with E-state index in [9.17, 15) is 0 Å². The SMILES string of the molecule is COCCOCCO.N. The van der Waals surface area contributed by atoms with Gasteiger partial charge < -0.3 is 20.7 Å². The molecule has 4 heteroatoms. The third kappa shape index (κ3) is 11.4. The van der Waals surface area contributed by atoms with E-state index in [1.165, 1.54) is 0 Å². The van der Waals surface area contributed by atoms with Gasteiger partial charge in [0.05, 0.1) is 26.4 Å². The molecule has 0 unspecified atom stereocenters. The molecule has 9 heavy (non-hydrogen) atoms. The number of ether oxygens (including phenoxy) is 2. The molecule has 0 amide bonds. The lowest BCUT2D eigenvalue weighted by molar-refractivity contribution is 0.0500. The molecule has 4 N–H and O–H groups in total. The second-order valence-electron chi connectivity index (χ2n) is 1.33. The first-order valence-electron chi connectivity index (χ1n) is 2.59. The molecule has 0 saturated carbocycles. The molecule has 0 bridgehead atoms. The zero-order chi connectivity index (χ0) is 6.24. The Balaban J connectivity index is 0. The lowest BCUT2D eigenvalue weighted by atomic mass is 10.7. The fourth-order valence-corrected chi connectivity index (χ4v) is 0.309. The molecule has 0 aliphatic heterocycles. The summed E-state index contributed by atoms with van der Waals surface area (Å²) < 4.78 is 9.53. The fourth-order valence-electron chi connectivity index (χ4n) is 0.309. The summed E-state index contributed by atoms with van der Waals surface area (Å²) in [5.41, 5.74) is 0. The molecule has 0 saturated heterocycles. The van der Waals surface area contributed by atoms with E-state index in [1.54, 1.807) is 7.11 Å². The van der Waals surface area contributed by atoms with Crippen LogP contribution in [-0.4, -0.2) is 38.6 Å². The lowest BCUT2D eigenvalue weighted by Crippen LogP contribution is -2.05. The highest BCUT2D eigenvalue weighted by molar-refractivity contribution is 4.26. The number of hydrogen-bond acceptors (Lipinski definition) is 4. The van der Waals surface area contributed by atoms with E-state index < -0.39 is 0 Å². The molecule has 0 radical (unpaired) electrons. The minimum Gasteiger partial charge on any atom is -0.394 e. The Morgan fingerprint density at radius 2 is 1.89 bits per heavy atom. The van der Waals surface area contributed by atoms with Crippen LogP contribution in [0.1, 0.15) is 0 Å². The Labute approximate surface area is 55.4 Å². The largest absolute Gasteiger partial charge is 0.394 e. The van der Waals surface area contributed by atoms with Crippen molar-refractivity contribution in [2.45, 2.75) is 0 Å². The van der Waals surface area contributed by atoms with Crippen LogP contribution < -0.4 is 6.15 Å². The molecular weight excluding hydrogens is 122 g/mol. The Bertz CT molecular complexity index is 37.2. The Hall–Kier alpha value is -0.160. The van der Waals surface area contributed by atoms with Crippen LogP contribution in [0.15, 0.2) is 0 Å². The van der Waals surface area contributed by atoms with Gasteiger partial charge >= 0.3 is 0 Å². The predicted molar refractivity (Wildman–Crippen MR) is 34.8 cm³/mol. The summed E-state index contributed by atoms with van der Waals surface area (Å²) in [6.07, 6.45) is 0. The van der Waals surface area contributed by atoms with Crippen molar-refractivity contribution in [3.8, 4) is 0 Å². The van der Waals surface area contributed by atoms with Gasteiger partial charge in [0.25, 0.3) is 0 Å². The summed E-state index contributed by atoms with van der Waals surface area (Å²) in [5.74, 6) is 0. The second kappa shape index (κ2) is 10.8. The van der Waals surface area contributed by atoms with Gasteiger partial charge in [-0.3, -0.25) is 0 Å². The summed E-state index contributed by atoms with van der Waals surface area (Å²) in [6, 6.07) is 0. The van der Waals surface area contributed by atoms with Crippen molar-refractivity contribution < 1.29 is 14.6 Å². The van der Waals surface area contributed by atoms with Crippen LogP contribution in [0.5, 0.6) is 0 Å². The van der Waals surface area contributed by atoms with Crippen LogP contribution in [0.2, 0.25) is 0 Å². The van der Waals surface area contributed by atoms with E-state index in [0.717, 1.165) is 0 Å². The highest BCUT2D eigenvalue weighted by Gasteiger charge is 1.82. The monoisotopic (exact) mass is 137 g/mol. The normalized spacial score (nSPS) is 8.67. The topological polar surface area (TPSA) is 73.7 Å². The van der Waals surface area contributed by atoms with Crippen molar-refractivity contribution in [3.63, 3.8) is 0 Å². The molecule has 0 aliphatic rings. The molecule has 0 aromatic heterocycles. The van der Waals surface area contributed by atoms with Gasteiger partial charge in [0.15, 0.2) is 0 Å². The second-order valence-corrected chi connectivity index (χ2v) is 1.33. The van der Waals surface area contributed by atoms with Gasteiger partial charge in [-0.2, -0.15) is 0 Å². The van der Waals surface area contributed by atoms with Crippen molar-refractivity contribution >= 4 is 0 Å². The number of aliphatic hydroxyl groups excluding tert-OH is 1. The van der Waals surface area contributed by atoms with Gasteiger partial charge in [0.2, 0.25) is 0 Å². The van der Waals surface area contributed by atoms with Gasteiger partial charge in [-0.15, -0.1) is 0 Å². The highest BCUT2D eigenvalue weighted by atomic mass is 16.5. The van der Waals surface area contributed by atoms with Crippen molar-refractivity contribution in [3.05, 3.63) is 0 Å². The van der Waals surface area contributed by atoms with E-state index in [-0.39, 0.29) is 12.8 Å². The van der Waals surface area contributed by atoms with Crippen LogP contribution >= 0.6 is 0 Å². The van der Waals surface area contributed by atoms with Crippen molar-refractivity contribution in [2.75, 3.05) is 33.5 Å². The molecule has 0 atom stereocenters. The van der Waals surface area contributed by atoms with Crippen LogP contribution in [0.4, 0.5) is 0 Å². The summed E-state index contributed by atoms with van der Waals surface area (Å²) in [4.78, 5) is 0. The maximum absolute atomic E-state index is 8.20. The van der Waals surface area contributed by atoms with Crippen molar-refractivity contribution in [1.82, 2.24) is 6.15 Å². The minimum atomic E-state index is 0. The van der Waals surface area contributed by atoms with Gasteiger partial charge in [-0.25, -0.2) is 0 Å². The van der Waals surface area contributed by atoms with Gasteiger partial charge in [-0.1, -0.05) is 0 Å². The Morgan fingerprint density at radius 1 is 1.22 bits per heavy atom.